The third-order valence-corrected chi connectivity index (χ3v) is 3.43. The van der Waals surface area contributed by atoms with Crippen LogP contribution in [0.5, 0.6) is 0 Å². The van der Waals surface area contributed by atoms with Crippen LogP contribution >= 0.6 is 0 Å². The van der Waals surface area contributed by atoms with Crippen LogP contribution in [0.3, 0.4) is 0 Å². The Morgan fingerprint density at radius 2 is 1.62 bits per heavy atom. The number of amides is 1. The predicted octanol–water partition coefficient (Wildman–Crippen LogP) is 3.60. The van der Waals surface area contributed by atoms with Gasteiger partial charge in [0.15, 0.2) is 0 Å². The normalized spacial score (nSPS) is 10.6. The van der Waals surface area contributed by atoms with Crippen molar-refractivity contribution in [3.63, 3.8) is 0 Å². The Morgan fingerprint density at radius 3 is 2.33 bits per heavy atom. The van der Waals surface area contributed by atoms with Crippen molar-refractivity contribution < 1.29 is 4.79 Å². The fourth-order valence-corrected chi connectivity index (χ4v) is 2.27. The monoisotopic (exact) mass is 276 g/mol. The van der Waals surface area contributed by atoms with Gasteiger partial charge in [0.25, 0.3) is 5.91 Å². The van der Waals surface area contributed by atoms with Gasteiger partial charge >= 0.3 is 0 Å². The van der Waals surface area contributed by atoms with Crippen molar-refractivity contribution in [2.24, 2.45) is 0 Å². The van der Waals surface area contributed by atoms with Crippen molar-refractivity contribution in [1.82, 2.24) is 9.88 Å². The number of carbonyl (C=O) groups is 1. The van der Waals surface area contributed by atoms with Crippen molar-refractivity contribution in [3.05, 3.63) is 66.2 Å². The molecule has 0 radical (unpaired) electrons. The van der Waals surface area contributed by atoms with Gasteiger partial charge in [0.1, 0.15) is 0 Å². The van der Waals surface area contributed by atoms with Crippen molar-refractivity contribution in [2.45, 2.75) is 0 Å². The number of carbonyl (C=O) groups excluding carboxylic acids is 1. The number of rotatable bonds is 2. The van der Waals surface area contributed by atoms with Crippen LogP contribution in [0.15, 0.2) is 60.7 Å². The van der Waals surface area contributed by atoms with E-state index in [0.717, 1.165) is 22.2 Å². The molecule has 1 heterocycles. The zero-order valence-corrected chi connectivity index (χ0v) is 12.1. The Balaban J connectivity index is 1.97. The van der Waals surface area contributed by atoms with Gasteiger partial charge in [-0.2, -0.15) is 0 Å². The molecule has 104 valence electrons. The van der Waals surface area contributed by atoms with Crippen LogP contribution in [0, 0.1) is 0 Å². The van der Waals surface area contributed by atoms with Gasteiger partial charge in [-0.05, 0) is 24.3 Å². The lowest BCUT2D eigenvalue weighted by molar-refractivity contribution is 0.0827. The van der Waals surface area contributed by atoms with Crippen molar-refractivity contribution in [2.75, 3.05) is 14.1 Å². The molecule has 0 bridgehead atoms. The zero-order valence-electron chi connectivity index (χ0n) is 12.1. The van der Waals surface area contributed by atoms with Gasteiger partial charge < -0.3 is 4.90 Å². The first kappa shape index (κ1) is 13.3. The number of aromatic nitrogens is 1. The van der Waals surface area contributed by atoms with E-state index in [1.165, 1.54) is 0 Å². The third kappa shape index (κ3) is 2.63. The van der Waals surface area contributed by atoms with E-state index in [1.54, 1.807) is 19.0 Å². The van der Waals surface area contributed by atoms with E-state index < -0.39 is 0 Å². The van der Waals surface area contributed by atoms with Crippen molar-refractivity contribution in [1.29, 1.82) is 0 Å². The molecule has 2 aromatic carbocycles. The van der Waals surface area contributed by atoms with Crippen LogP contribution < -0.4 is 0 Å². The van der Waals surface area contributed by atoms with Gasteiger partial charge in [0, 0.05) is 30.6 Å². The second kappa shape index (κ2) is 5.37. The molecule has 0 fully saturated rings. The summed E-state index contributed by atoms with van der Waals surface area (Å²) < 4.78 is 0. The maximum atomic E-state index is 11.9. The first-order valence-corrected chi connectivity index (χ1v) is 6.83. The van der Waals surface area contributed by atoms with Crippen LogP contribution in [0.1, 0.15) is 10.4 Å². The molecule has 3 heteroatoms. The summed E-state index contributed by atoms with van der Waals surface area (Å²) in [5.74, 6) is 0.00743. The van der Waals surface area contributed by atoms with Crippen molar-refractivity contribution >= 4 is 16.8 Å². The number of para-hydroxylation sites is 1. The van der Waals surface area contributed by atoms with Gasteiger partial charge in [0.05, 0.1) is 11.2 Å². The van der Waals surface area contributed by atoms with Crippen LogP contribution in [0.2, 0.25) is 0 Å². The molecule has 0 atom stereocenters. The molecule has 21 heavy (non-hydrogen) atoms. The standard InChI is InChI=1S/C18H16N2O/c1-20(2)18(21)15-9-7-14(8-10-15)17-12-11-13-5-3-4-6-16(13)19-17/h3-12H,1-2H3. The fraction of sp³-hybridized carbons (Fsp3) is 0.111. The number of fused-ring (bicyclic) bond motifs is 1. The highest BCUT2D eigenvalue weighted by Crippen LogP contribution is 2.21. The SMILES string of the molecule is CN(C)C(=O)c1ccc(-c2ccc3ccccc3n2)cc1. The van der Waals surface area contributed by atoms with Crippen LogP contribution in [-0.4, -0.2) is 29.9 Å². The number of benzene rings is 2. The molecular formula is C18H16N2O. The van der Waals surface area contributed by atoms with Crippen LogP contribution in [0.25, 0.3) is 22.2 Å². The average Bonchev–Trinajstić information content (AvgIpc) is 2.54. The maximum absolute atomic E-state index is 11.9. The summed E-state index contributed by atoms with van der Waals surface area (Å²) in [6, 6.07) is 19.7. The zero-order chi connectivity index (χ0) is 14.8. The van der Waals surface area contributed by atoms with E-state index in [1.807, 2.05) is 54.6 Å². The Bertz CT molecular complexity index is 792. The van der Waals surface area contributed by atoms with E-state index in [9.17, 15) is 4.79 Å². The van der Waals surface area contributed by atoms with E-state index in [0.29, 0.717) is 5.56 Å². The molecule has 0 saturated heterocycles. The predicted molar refractivity (Wildman–Crippen MR) is 85.2 cm³/mol. The molecule has 0 spiro atoms. The Labute approximate surface area is 123 Å². The van der Waals surface area contributed by atoms with Gasteiger partial charge in [-0.3, -0.25) is 4.79 Å². The lowest BCUT2D eigenvalue weighted by Crippen LogP contribution is -2.21. The first-order valence-electron chi connectivity index (χ1n) is 6.83. The Hall–Kier alpha value is -2.68. The van der Waals surface area contributed by atoms with Gasteiger partial charge in [0.2, 0.25) is 0 Å². The lowest BCUT2D eigenvalue weighted by Gasteiger charge is -2.10. The lowest BCUT2D eigenvalue weighted by atomic mass is 10.1. The molecule has 0 aliphatic rings. The van der Waals surface area contributed by atoms with Gasteiger partial charge in [-0.25, -0.2) is 4.98 Å². The van der Waals surface area contributed by atoms with E-state index in [-0.39, 0.29) is 5.91 Å². The Morgan fingerprint density at radius 1 is 0.905 bits per heavy atom. The maximum Gasteiger partial charge on any atom is 0.253 e. The number of pyridine rings is 1. The quantitative estimate of drug-likeness (QED) is 0.716. The summed E-state index contributed by atoms with van der Waals surface area (Å²) in [7, 11) is 3.50. The summed E-state index contributed by atoms with van der Waals surface area (Å²) in [6.07, 6.45) is 0. The van der Waals surface area contributed by atoms with Gasteiger partial charge in [-0.15, -0.1) is 0 Å². The minimum atomic E-state index is 0.00743. The van der Waals surface area contributed by atoms with Crippen LogP contribution in [0.4, 0.5) is 0 Å². The molecule has 1 amide bonds. The average molecular weight is 276 g/mol. The highest BCUT2D eigenvalue weighted by Gasteiger charge is 2.08. The second-order valence-electron chi connectivity index (χ2n) is 5.17. The minimum absolute atomic E-state index is 0.00743. The number of hydrogen-bond donors (Lipinski definition) is 0. The summed E-state index contributed by atoms with van der Waals surface area (Å²) in [5, 5.41) is 1.13. The largest absolute Gasteiger partial charge is 0.345 e. The molecule has 0 aliphatic carbocycles. The molecular weight excluding hydrogens is 260 g/mol. The molecule has 0 N–H and O–H groups in total. The third-order valence-electron chi connectivity index (χ3n) is 3.43. The van der Waals surface area contributed by atoms with Crippen LogP contribution in [-0.2, 0) is 0 Å². The smallest absolute Gasteiger partial charge is 0.253 e. The van der Waals surface area contributed by atoms with Crippen molar-refractivity contribution in [3.8, 4) is 11.3 Å². The highest BCUT2D eigenvalue weighted by molar-refractivity contribution is 5.94. The van der Waals surface area contributed by atoms with Gasteiger partial charge in [-0.1, -0.05) is 36.4 Å². The minimum Gasteiger partial charge on any atom is -0.345 e. The molecule has 1 aromatic heterocycles. The summed E-state index contributed by atoms with van der Waals surface area (Å²) >= 11 is 0. The van der Waals surface area contributed by atoms with E-state index in [4.69, 9.17) is 0 Å². The molecule has 0 unspecified atom stereocenters. The molecule has 3 aromatic rings. The summed E-state index contributed by atoms with van der Waals surface area (Å²) in [5.41, 5.74) is 3.58. The topological polar surface area (TPSA) is 33.2 Å². The highest BCUT2D eigenvalue weighted by atomic mass is 16.2. The number of nitrogens with zero attached hydrogens (tertiary/aromatic N) is 2. The summed E-state index contributed by atoms with van der Waals surface area (Å²) in [4.78, 5) is 18.1. The Kier molecular flexibility index (Phi) is 3.40. The number of hydrogen-bond acceptors (Lipinski definition) is 2. The first-order chi connectivity index (χ1) is 10.1. The molecule has 0 saturated carbocycles. The summed E-state index contributed by atoms with van der Waals surface area (Å²) in [6.45, 7) is 0. The fourth-order valence-electron chi connectivity index (χ4n) is 2.27. The molecule has 3 rings (SSSR count). The molecule has 3 nitrogen and oxygen atoms in total. The van der Waals surface area contributed by atoms with E-state index in [2.05, 4.69) is 11.1 Å². The second-order valence-corrected chi connectivity index (χ2v) is 5.17. The molecule has 0 aliphatic heterocycles. The van der Waals surface area contributed by atoms with E-state index >= 15 is 0 Å².